The van der Waals surface area contributed by atoms with Gasteiger partial charge in [-0.1, -0.05) is 34.6 Å². The number of carbonyl (C=O) groups excluding carboxylic acids is 1. The number of aliphatic hydroxyl groups excluding tert-OH is 1. The predicted octanol–water partition coefficient (Wildman–Crippen LogP) is 2.47. The number of amides is 1. The molecule has 1 amide bonds. The first-order valence-corrected chi connectivity index (χ1v) is 7.89. The van der Waals surface area contributed by atoms with Crippen LogP contribution in [0.2, 0.25) is 0 Å². The molecule has 0 saturated carbocycles. The number of aliphatic hydroxyl groups is 1. The second-order valence-corrected chi connectivity index (χ2v) is 8.19. The molecule has 0 spiro atoms. The minimum atomic E-state index is -0.375. The van der Waals surface area contributed by atoms with Crippen LogP contribution in [0.5, 0.6) is 5.75 Å². The highest BCUT2D eigenvalue weighted by Gasteiger charge is 2.38. The first-order chi connectivity index (χ1) is 10.1. The number of fused-ring (bicyclic) bond motifs is 1. The third-order valence-electron chi connectivity index (χ3n) is 4.60. The molecule has 1 fully saturated rings. The van der Waals surface area contributed by atoms with Crippen molar-refractivity contribution >= 4 is 5.91 Å². The van der Waals surface area contributed by atoms with Crippen LogP contribution in [0.4, 0.5) is 0 Å². The smallest absolute Gasteiger partial charge is 0.254 e. The van der Waals surface area contributed by atoms with Crippen molar-refractivity contribution in [2.45, 2.75) is 51.6 Å². The summed E-state index contributed by atoms with van der Waals surface area (Å²) in [5, 5.41) is 9.42. The van der Waals surface area contributed by atoms with E-state index in [-0.39, 0.29) is 22.8 Å². The summed E-state index contributed by atoms with van der Waals surface area (Å²) in [6.45, 7) is 12.2. The fourth-order valence-electron chi connectivity index (χ4n) is 3.10. The van der Waals surface area contributed by atoms with Crippen molar-refractivity contribution < 1.29 is 14.6 Å². The van der Waals surface area contributed by atoms with Crippen molar-refractivity contribution in [3.63, 3.8) is 0 Å². The zero-order valence-corrected chi connectivity index (χ0v) is 14.1. The van der Waals surface area contributed by atoms with Gasteiger partial charge in [-0.2, -0.15) is 0 Å². The molecular weight excluding hydrogens is 278 g/mol. The van der Waals surface area contributed by atoms with Crippen molar-refractivity contribution in [2.75, 3.05) is 19.7 Å². The van der Waals surface area contributed by atoms with Gasteiger partial charge in [0.15, 0.2) is 0 Å². The lowest BCUT2D eigenvalue weighted by atomic mass is 9.79. The summed E-state index contributed by atoms with van der Waals surface area (Å²) in [6.07, 6.45) is -0.375. The zero-order chi connectivity index (χ0) is 16.3. The lowest BCUT2D eigenvalue weighted by Crippen LogP contribution is -2.53. The second-order valence-electron chi connectivity index (χ2n) is 8.19. The average Bonchev–Trinajstić information content (AvgIpc) is 2.68. The lowest BCUT2D eigenvalue weighted by molar-refractivity contribution is 0.00587. The molecule has 4 heteroatoms. The summed E-state index contributed by atoms with van der Waals surface area (Å²) in [6, 6.07) is 3.94. The summed E-state index contributed by atoms with van der Waals surface area (Å²) in [5.74, 6) is 0.944. The number of nitrogens with zero attached hydrogens (tertiary/aromatic N) is 1. The first kappa shape index (κ1) is 15.3. The van der Waals surface area contributed by atoms with Crippen LogP contribution in [0.25, 0.3) is 0 Å². The van der Waals surface area contributed by atoms with E-state index < -0.39 is 0 Å². The third-order valence-corrected chi connectivity index (χ3v) is 4.60. The van der Waals surface area contributed by atoms with E-state index in [0.717, 1.165) is 16.9 Å². The van der Waals surface area contributed by atoms with E-state index in [4.69, 9.17) is 4.74 Å². The van der Waals surface area contributed by atoms with Crippen LogP contribution in [-0.4, -0.2) is 41.7 Å². The van der Waals surface area contributed by atoms with Crippen molar-refractivity contribution in [1.29, 1.82) is 0 Å². The van der Waals surface area contributed by atoms with Gasteiger partial charge in [-0.3, -0.25) is 4.79 Å². The van der Waals surface area contributed by atoms with Crippen molar-refractivity contribution in [3.8, 4) is 5.75 Å². The van der Waals surface area contributed by atoms with Gasteiger partial charge in [0, 0.05) is 35.2 Å². The van der Waals surface area contributed by atoms with E-state index in [0.29, 0.717) is 25.3 Å². The number of β-amino-alcohol motifs (C(OH)–C–C–N with tert-alkyl or cyclic N) is 1. The van der Waals surface area contributed by atoms with Crippen molar-refractivity contribution in [2.24, 2.45) is 0 Å². The summed E-state index contributed by atoms with van der Waals surface area (Å²) in [4.78, 5) is 14.3. The van der Waals surface area contributed by atoms with Crippen LogP contribution in [0.15, 0.2) is 12.1 Å². The lowest BCUT2D eigenvalue weighted by Gasteiger charge is -2.36. The van der Waals surface area contributed by atoms with Gasteiger partial charge >= 0.3 is 0 Å². The van der Waals surface area contributed by atoms with Crippen LogP contribution in [-0.2, 0) is 10.8 Å². The quantitative estimate of drug-likeness (QED) is 0.867. The van der Waals surface area contributed by atoms with Crippen LogP contribution in [0, 0.1) is 0 Å². The van der Waals surface area contributed by atoms with Crippen LogP contribution in [0.1, 0.15) is 56.1 Å². The Kier molecular flexibility index (Phi) is 3.29. The summed E-state index contributed by atoms with van der Waals surface area (Å²) in [5.41, 5.74) is 2.73. The molecule has 0 radical (unpaired) electrons. The molecule has 3 rings (SSSR count). The molecule has 22 heavy (non-hydrogen) atoms. The molecule has 0 unspecified atom stereocenters. The molecule has 0 atom stereocenters. The molecule has 2 heterocycles. The van der Waals surface area contributed by atoms with Crippen LogP contribution >= 0.6 is 0 Å². The molecule has 4 nitrogen and oxygen atoms in total. The highest BCUT2D eigenvalue weighted by atomic mass is 16.5. The normalized spacial score (nSPS) is 20.4. The summed E-state index contributed by atoms with van der Waals surface area (Å²) < 4.78 is 5.96. The maximum absolute atomic E-state index is 12.6. The first-order valence-electron chi connectivity index (χ1n) is 7.89. The maximum atomic E-state index is 12.6. The van der Waals surface area contributed by atoms with Gasteiger partial charge in [-0.25, -0.2) is 0 Å². The predicted molar refractivity (Wildman–Crippen MR) is 85.6 cm³/mol. The largest absolute Gasteiger partial charge is 0.492 e. The van der Waals surface area contributed by atoms with Crippen LogP contribution < -0.4 is 4.74 Å². The Bertz CT molecular complexity index is 622. The molecule has 0 bridgehead atoms. The van der Waals surface area contributed by atoms with E-state index in [1.807, 2.05) is 12.1 Å². The van der Waals surface area contributed by atoms with Gasteiger partial charge in [0.2, 0.25) is 0 Å². The van der Waals surface area contributed by atoms with E-state index in [9.17, 15) is 9.90 Å². The SMILES string of the molecule is CC(C)(C)c1cc(C(=O)N2CC(O)C2)cc2c1OCC2(C)C. The average molecular weight is 303 g/mol. The third kappa shape index (κ3) is 2.39. The standard InChI is InChI=1S/C18H25NO3/c1-17(2,3)13-6-11(16(21)19-8-12(20)9-19)7-14-15(13)22-10-18(14,4)5/h6-7,12,20H,8-10H2,1-5H3. The Morgan fingerprint density at radius 2 is 1.95 bits per heavy atom. The Hall–Kier alpha value is -1.55. The number of likely N-dealkylation sites (tertiary alicyclic amines) is 1. The van der Waals surface area contributed by atoms with Gasteiger partial charge in [0.05, 0.1) is 12.7 Å². The number of ether oxygens (including phenoxy) is 1. The number of benzene rings is 1. The van der Waals surface area contributed by atoms with Gasteiger partial charge in [-0.15, -0.1) is 0 Å². The minimum Gasteiger partial charge on any atom is -0.492 e. The fraction of sp³-hybridized carbons (Fsp3) is 0.611. The Balaban J connectivity index is 2.07. The van der Waals surface area contributed by atoms with E-state index in [2.05, 4.69) is 34.6 Å². The van der Waals surface area contributed by atoms with Gasteiger partial charge in [-0.05, 0) is 17.5 Å². The fourth-order valence-corrected chi connectivity index (χ4v) is 3.10. The Morgan fingerprint density at radius 3 is 2.50 bits per heavy atom. The summed E-state index contributed by atoms with van der Waals surface area (Å²) in [7, 11) is 0. The minimum absolute atomic E-state index is 0.00120. The molecule has 2 aliphatic rings. The monoisotopic (exact) mass is 303 g/mol. The zero-order valence-electron chi connectivity index (χ0n) is 14.1. The summed E-state index contributed by atoms with van der Waals surface area (Å²) >= 11 is 0. The molecule has 1 aromatic rings. The highest BCUT2D eigenvalue weighted by molar-refractivity contribution is 5.95. The van der Waals surface area contributed by atoms with Gasteiger partial charge in [0.1, 0.15) is 5.75 Å². The van der Waals surface area contributed by atoms with Crippen molar-refractivity contribution in [3.05, 3.63) is 28.8 Å². The number of hydrogen-bond donors (Lipinski definition) is 1. The van der Waals surface area contributed by atoms with Crippen molar-refractivity contribution in [1.82, 2.24) is 4.90 Å². The molecular formula is C18H25NO3. The molecule has 1 aromatic carbocycles. The van der Waals surface area contributed by atoms with Crippen LogP contribution in [0.3, 0.4) is 0 Å². The maximum Gasteiger partial charge on any atom is 0.254 e. The van der Waals surface area contributed by atoms with E-state index in [1.165, 1.54) is 0 Å². The molecule has 0 aromatic heterocycles. The Morgan fingerprint density at radius 1 is 1.32 bits per heavy atom. The van der Waals surface area contributed by atoms with E-state index in [1.54, 1.807) is 4.90 Å². The number of carbonyl (C=O) groups is 1. The van der Waals surface area contributed by atoms with Gasteiger partial charge < -0.3 is 14.7 Å². The number of rotatable bonds is 1. The molecule has 2 aliphatic heterocycles. The molecule has 1 saturated heterocycles. The molecule has 120 valence electrons. The topological polar surface area (TPSA) is 49.8 Å². The highest BCUT2D eigenvalue weighted by Crippen LogP contribution is 2.45. The molecule has 1 N–H and O–H groups in total. The second kappa shape index (κ2) is 4.72. The molecule has 0 aliphatic carbocycles. The van der Waals surface area contributed by atoms with E-state index >= 15 is 0 Å². The number of hydrogen-bond acceptors (Lipinski definition) is 3. The van der Waals surface area contributed by atoms with Gasteiger partial charge in [0.25, 0.3) is 5.91 Å². The Labute approximate surface area is 132 Å².